The van der Waals surface area contributed by atoms with E-state index in [1.165, 1.54) is 11.3 Å². The molecule has 2 heterocycles. The molecule has 0 fully saturated rings. The predicted molar refractivity (Wildman–Crippen MR) is 61.7 cm³/mol. The fourth-order valence-corrected chi connectivity index (χ4v) is 2.18. The van der Waals surface area contributed by atoms with Crippen LogP contribution in [0.3, 0.4) is 0 Å². The van der Waals surface area contributed by atoms with Gasteiger partial charge in [-0.2, -0.15) is 0 Å². The Morgan fingerprint density at radius 1 is 1.50 bits per heavy atom. The Morgan fingerprint density at radius 2 is 2.31 bits per heavy atom. The topological polar surface area (TPSA) is 55.2 Å². The first-order valence-electron chi connectivity index (χ1n) is 4.81. The molecule has 2 aromatic rings. The van der Waals surface area contributed by atoms with Crippen molar-refractivity contribution in [3.8, 4) is 5.75 Å². The molecule has 4 nitrogen and oxygen atoms in total. The minimum Gasteiger partial charge on any atom is -0.495 e. The van der Waals surface area contributed by atoms with E-state index in [-0.39, 0.29) is 0 Å². The van der Waals surface area contributed by atoms with E-state index in [0.29, 0.717) is 16.5 Å². The molecule has 5 heteroatoms. The zero-order valence-corrected chi connectivity index (χ0v) is 9.86. The van der Waals surface area contributed by atoms with Gasteiger partial charge in [-0.3, -0.25) is 4.98 Å². The van der Waals surface area contributed by atoms with Gasteiger partial charge in [0.15, 0.2) is 6.10 Å². The van der Waals surface area contributed by atoms with Crippen LogP contribution in [0.1, 0.15) is 22.5 Å². The van der Waals surface area contributed by atoms with Crippen molar-refractivity contribution in [3.05, 3.63) is 40.1 Å². The molecule has 1 N–H and O–H groups in total. The molecule has 0 aliphatic rings. The van der Waals surface area contributed by atoms with Crippen LogP contribution in [0.15, 0.2) is 23.7 Å². The number of methoxy groups -OCH3 is 1. The third-order valence-corrected chi connectivity index (χ3v) is 3.16. The molecular formula is C11H12N2O2S. The maximum Gasteiger partial charge on any atom is 0.151 e. The van der Waals surface area contributed by atoms with E-state index in [1.807, 2.05) is 12.3 Å². The van der Waals surface area contributed by atoms with Gasteiger partial charge < -0.3 is 9.84 Å². The molecule has 16 heavy (non-hydrogen) atoms. The van der Waals surface area contributed by atoms with Gasteiger partial charge in [-0.1, -0.05) is 0 Å². The maximum atomic E-state index is 10.1. The lowest BCUT2D eigenvalue weighted by atomic mass is 10.2. The van der Waals surface area contributed by atoms with Crippen molar-refractivity contribution < 1.29 is 9.84 Å². The average molecular weight is 236 g/mol. The highest BCUT2D eigenvalue weighted by Gasteiger charge is 2.19. The van der Waals surface area contributed by atoms with Gasteiger partial charge in [0.1, 0.15) is 16.5 Å². The monoisotopic (exact) mass is 236 g/mol. The van der Waals surface area contributed by atoms with Crippen molar-refractivity contribution in [2.45, 2.75) is 13.0 Å². The number of hydrogen-bond donors (Lipinski definition) is 1. The van der Waals surface area contributed by atoms with E-state index in [1.54, 1.807) is 25.4 Å². The Morgan fingerprint density at radius 3 is 2.94 bits per heavy atom. The Labute approximate surface area is 97.6 Å². The number of rotatable bonds is 3. The summed E-state index contributed by atoms with van der Waals surface area (Å²) in [5.41, 5.74) is 1.40. The van der Waals surface area contributed by atoms with Gasteiger partial charge in [0.25, 0.3) is 0 Å². The third-order valence-electron chi connectivity index (χ3n) is 2.15. The summed E-state index contributed by atoms with van der Waals surface area (Å²) in [4.78, 5) is 8.36. The van der Waals surface area contributed by atoms with E-state index in [9.17, 15) is 5.11 Å². The summed E-state index contributed by atoms with van der Waals surface area (Å²) in [6.45, 7) is 1.89. The van der Waals surface area contributed by atoms with Gasteiger partial charge in [-0.15, -0.1) is 11.3 Å². The minimum absolute atomic E-state index is 0.499. The number of thiazole rings is 1. The zero-order valence-electron chi connectivity index (χ0n) is 9.04. The van der Waals surface area contributed by atoms with Crippen LogP contribution < -0.4 is 4.74 Å². The molecule has 0 aliphatic carbocycles. The summed E-state index contributed by atoms with van der Waals surface area (Å²) in [6, 6.07) is 3.54. The summed E-state index contributed by atoms with van der Waals surface area (Å²) in [7, 11) is 1.56. The highest BCUT2D eigenvalue weighted by Crippen LogP contribution is 2.29. The highest BCUT2D eigenvalue weighted by molar-refractivity contribution is 7.09. The number of aromatic nitrogens is 2. The summed E-state index contributed by atoms with van der Waals surface area (Å²) in [6.07, 6.45) is 0.802. The molecule has 0 saturated carbocycles. The largest absolute Gasteiger partial charge is 0.495 e. The maximum absolute atomic E-state index is 10.1. The molecular weight excluding hydrogens is 224 g/mol. The van der Waals surface area contributed by atoms with Gasteiger partial charge >= 0.3 is 0 Å². The second-order valence-electron chi connectivity index (χ2n) is 3.32. The van der Waals surface area contributed by atoms with Gasteiger partial charge in [-0.05, 0) is 19.1 Å². The normalized spacial score (nSPS) is 12.4. The molecule has 1 unspecified atom stereocenters. The van der Waals surface area contributed by atoms with Crippen molar-refractivity contribution >= 4 is 11.3 Å². The van der Waals surface area contributed by atoms with Gasteiger partial charge in [0.2, 0.25) is 0 Å². The van der Waals surface area contributed by atoms with Crippen molar-refractivity contribution in [2.24, 2.45) is 0 Å². The molecule has 2 rings (SSSR count). The number of aliphatic hydroxyl groups is 1. The first-order chi connectivity index (χ1) is 7.72. The third kappa shape index (κ3) is 2.05. The molecule has 1 atom stereocenters. The van der Waals surface area contributed by atoms with Crippen molar-refractivity contribution in [1.82, 2.24) is 9.97 Å². The van der Waals surface area contributed by atoms with Crippen LogP contribution in [0.2, 0.25) is 0 Å². The quantitative estimate of drug-likeness (QED) is 0.884. The number of ether oxygens (including phenoxy) is 1. The van der Waals surface area contributed by atoms with Crippen molar-refractivity contribution in [3.63, 3.8) is 0 Å². The Balaban J connectivity index is 2.36. The molecule has 0 spiro atoms. The number of aliphatic hydroxyl groups excluding tert-OH is 1. The van der Waals surface area contributed by atoms with Gasteiger partial charge in [0, 0.05) is 17.3 Å². The fraction of sp³-hybridized carbons (Fsp3) is 0.273. The highest BCUT2D eigenvalue weighted by atomic mass is 32.1. The SMILES string of the molecule is COc1cccnc1C(O)c1nc(C)cs1. The fourth-order valence-electron chi connectivity index (χ4n) is 1.40. The number of pyridine rings is 1. The van der Waals surface area contributed by atoms with E-state index >= 15 is 0 Å². The van der Waals surface area contributed by atoms with Gasteiger partial charge in [0.05, 0.1) is 7.11 Å². The van der Waals surface area contributed by atoms with Crippen LogP contribution >= 0.6 is 11.3 Å². The molecule has 0 bridgehead atoms. The Kier molecular flexibility index (Phi) is 3.17. The Hall–Kier alpha value is -1.46. The smallest absolute Gasteiger partial charge is 0.151 e. The predicted octanol–water partition coefficient (Wildman–Crippen LogP) is 1.94. The summed E-state index contributed by atoms with van der Waals surface area (Å²) in [5, 5.41) is 12.7. The lowest BCUT2D eigenvalue weighted by Gasteiger charge is -2.10. The van der Waals surface area contributed by atoms with Crippen molar-refractivity contribution in [1.29, 1.82) is 0 Å². The van der Waals surface area contributed by atoms with Crippen LogP contribution in [0.25, 0.3) is 0 Å². The number of aryl methyl sites for hydroxylation is 1. The first kappa shape index (κ1) is 11.0. The molecule has 0 aliphatic heterocycles. The summed E-state index contributed by atoms with van der Waals surface area (Å²) >= 11 is 1.42. The molecule has 2 aromatic heterocycles. The summed E-state index contributed by atoms with van der Waals surface area (Å²) in [5.74, 6) is 0.572. The van der Waals surface area contributed by atoms with E-state index in [0.717, 1.165) is 5.69 Å². The van der Waals surface area contributed by atoms with Crippen LogP contribution in [-0.4, -0.2) is 22.2 Å². The van der Waals surface area contributed by atoms with E-state index < -0.39 is 6.10 Å². The van der Waals surface area contributed by atoms with Gasteiger partial charge in [-0.25, -0.2) is 4.98 Å². The molecule has 0 radical (unpaired) electrons. The first-order valence-corrected chi connectivity index (χ1v) is 5.69. The summed E-state index contributed by atoms with van der Waals surface area (Å²) < 4.78 is 5.15. The van der Waals surface area contributed by atoms with Crippen LogP contribution in [-0.2, 0) is 0 Å². The van der Waals surface area contributed by atoms with Crippen LogP contribution in [0, 0.1) is 6.92 Å². The minimum atomic E-state index is -0.824. The van der Waals surface area contributed by atoms with Crippen LogP contribution in [0.4, 0.5) is 0 Å². The second-order valence-corrected chi connectivity index (χ2v) is 4.21. The second kappa shape index (κ2) is 4.59. The lowest BCUT2D eigenvalue weighted by molar-refractivity contribution is 0.208. The van der Waals surface area contributed by atoms with E-state index in [2.05, 4.69) is 9.97 Å². The van der Waals surface area contributed by atoms with Crippen LogP contribution in [0.5, 0.6) is 5.75 Å². The molecule has 0 amide bonds. The number of nitrogens with zero attached hydrogens (tertiary/aromatic N) is 2. The Bertz CT molecular complexity index is 484. The standard InChI is InChI=1S/C11H12N2O2S/c1-7-6-16-11(13-7)10(14)9-8(15-2)4-3-5-12-9/h3-6,10,14H,1-2H3. The molecule has 0 aromatic carbocycles. The molecule has 84 valence electrons. The zero-order chi connectivity index (χ0) is 11.5. The average Bonchev–Trinajstić information content (AvgIpc) is 2.75. The molecule has 0 saturated heterocycles. The van der Waals surface area contributed by atoms with Crippen molar-refractivity contribution in [2.75, 3.05) is 7.11 Å². The van der Waals surface area contributed by atoms with E-state index in [4.69, 9.17) is 4.74 Å². The lowest BCUT2D eigenvalue weighted by Crippen LogP contribution is -2.04. The number of hydrogen-bond acceptors (Lipinski definition) is 5.